The third kappa shape index (κ3) is 6.25. The average molecular weight is 583 g/mol. The van der Waals surface area contributed by atoms with Crippen LogP contribution < -0.4 is 5.32 Å². The fourth-order valence-corrected chi connectivity index (χ4v) is 5.73. The van der Waals surface area contributed by atoms with Crippen LogP contribution in [0.4, 0.5) is 13.2 Å². The van der Waals surface area contributed by atoms with Crippen LogP contribution in [0.15, 0.2) is 54.2 Å². The van der Waals surface area contributed by atoms with E-state index in [-0.39, 0.29) is 44.0 Å². The molecule has 0 saturated carbocycles. The first-order valence-electron chi connectivity index (χ1n) is 12.5. The number of nitrogens with zero attached hydrogens (tertiary/aromatic N) is 1. The van der Waals surface area contributed by atoms with Crippen molar-refractivity contribution in [2.45, 2.75) is 51.9 Å². The first-order chi connectivity index (χ1) is 18.4. The van der Waals surface area contributed by atoms with Crippen molar-refractivity contribution >= 4 is 41.0 Å². The average Bonchev–Trinajstić information content (AvgIpc) is 3.31. The molecule has 2 atom stereocenters. The highest BCUT2D eigenvalue weighted by atomic mass is 35.5. The largest absolute Gasteiger partial charge is 0.465 e. The monoisotopic (exact) mass is 582 g/mol. The van der Waals surface area contributed by atoms with Gasteiger partial charge in [-0.2, -0.15) is 13.2 Å². The molecular formula is C28H27Cl2F3N2O4. The maximum atomic E-state index is 13.7. The van der Waals surface area contributed by atoms with E-state index < -0.39 is 34.9 Å². The van der Waals surface area contributed by atoms with E-state index in [1.165, 1.54) is 17.0 Å². The highest BCUT2D eigenvalue weighted by molar-refractivity contribution is 6.35. The summed E-state index contributed by atoms with van der Waals surface area (Å²) in [6.45, 7) is 1.80. The minimum absolute atomic E-state index is 0.0736. The number of nitrogens with one attached hydrogen (secondary N) is 1. The number of hydrogen-bond acceptors (Lipinski definition) is 4. The normalized spacial score (nSPS) is 20.9. The Kier molecular flexibility index (Phi) is 8.61. The van der Waals surface area contributed by atoms with Crippen molar-refractivity contribution in [2.75, 3.05) is 6.61 Å². The maximum Gasteiger partial charge on any atom is 0.416 e. The van der Waals surface area contributed by atoms with Gasteiger partial charge in [-0.05, 0) is 61.6 Å². The van der Waals surface area contributed by atoms with E-state index in [1.807, 2.05) is 6.08 Å². The van der Waals surface area contributed by atoms with Crippen molar-refractivity contribution in [3.63, 3.8) is 0 Å². The molecule has 1 saturated heterocycles. The minimum atomic E-state index is -4.50. The first-order valence-corrected chi connectivity index (χ1v) is 13.3. The summed E-state index contributed by atoms with van der Waals surface area (Å²) >= 11 is 12.4. The predicted octanol–water partition coefficient (Wildman–Crippen LogP) is 6.29. The molecule has 2 aromatic carbocycles. The van der Waals surface area contributed by atoms with E-state index in [0.29, 0.717) is 34.1 Å². The summed E-state index contributed by atoms with van der Waals surface area (Å²) in [7, 11) is 0. The Bertz CT molecular complexity index is 1310. The highest BCUT2D eigenvalue weighted by Crippen LogP contribution is 2.51. The number of esters is 1. The van der Waals surface area contributed by atoms with E-state index >= 15 is 0 Å². The number of amides is 2. The Morgan fingerprint density at radius 2 is 1.95 bits per heavy atom. The van der Waals surface area contributed by atoms with E-state index in [0.717, 1.165) is 12.1 Å². The van der Waals surface area contributed by atoms with Crippen LogP contribution in [-0.2, 0) is 38.4 Å². The third-order valence-electron chi connectivity index (χ3n) is 7.09. The van der Waals surface area contributed by atoms with Gasteiger partial charge >= 0.3 is 12.1 Å². The van der Waals surface area contributed by atoms with Crippen molar-refractivity contribution < 1.29 is 32.3 Å². The highest BCUT2D eigenvalue weighted by Gasteiger charge is 2.55. The molecule has 6 nitrogen and oxygen atoms in total. The molecule has 39 heavy (non-hydrogen) atoms. The zero-order valence-corrected chi connectivity index (χ0v) is 22.6. The molecular weight excluding hydrogens is 556 g/mol. The molecule has 4 rings (SSSR count). The number of ether oxygens (including phenoxy) is 1. The van der Waals surface area contributed by atoms with Crippen molar-refractivity contribution in [3.05, 3.63) is 81.0 Å². The van der Waals surface area contributed by atoms with Gasteiger partial charge in [0, 0.05) is 34.6 Å². The number of hydrogen-bond donors (Lipinski definition) is 1. The molecule has 1 aliphatic heterocycles. The van der Waals surface area contributed by atoms with Crippen molar-refractivity contribution in [2.24, 2.45) is 11.3 Å². The minimum Gasteiger partial charge on any atom is -0.465 e. The summed E-state index contributed by atoms with van der Waals surface area (Å²) in [6, 6.07) is 9.58. The molecule has 2 amide bonds. The molecule has 1 fully saturated rings. The molecule has 11 heteroatoms. The molecule has 0 spiro atoms. The van der Waals surface area contributed by atoms with E-state index in [9.17, 15) is 27.6 Å². The van der Waals surface area contributed by atoms with E-state index in [4.69, 9.17) is 27.9 Å². The van der Waals surface area contributed by atoms with Gasteiger partial charge in [-0.25, -0.2) is 0 Å². The lowest BCUT2D eigenvalue weighted by Crippen LogP contribution is -2.52. The third-order valence-corrected chi connectivity index (χ3v) is 7.67. The molecule has 2 aliphatic rings. The van der Waals surface area contributed by atoms with Crippen LogP contribution in [0, 0.1) is 11.3 Å². The number of benzene rings is 2. The van der Waals surface area contributed by atoms with Crippen LogP contribution in [-0.4, -0.2) is 29.3 Å². The number of carbonyl (C=O) groups is 3. The quantitative estimate of drug-likeness (QED) is 0.371. The van der Waals surface area contributed by atoms with Crippen LogP contribution in [0.5, 0.6) is 0 Å². The predicted molar refractivity (Wildman–Crippen MR) is 139 cm³/mol. The Labute approximate surface area is 234 Å². The number of allylic oxidation sites excluding steroid dienone is 1. The van der Waals surface area contributed by atoms with Crippen LogP contribution in [0.2, 0.25) is 10.0 Å². The fourth-order valence-electron chi connectivity index (χ4n) is 5.26. The standard InChI is InChI=1S/C28H27Cl2F3N2O4/c1-2-39-26(38)27-10-4-7-23(27)35(16-18-8-9-21(29)13-22(18)30)25(37)19(14-27)12-24(36)34-15-17-5-3-6-20(11-17)28(31,32)33/h3,5-9,11,13,19H,2,4,10,12,14-16H2,1H3,(H,34,36)/t19-,27+/m1/s1. The second-order valence-corrected chi connectivity index (χ2v) is 10.5. The molecule has 2 aromatic rings. The number of alkyl halides is 3. The summed E-state index contributed by atoms with van der Waals surface area (Å²) in [5.41, 5.74) is -0.469. The summed E-state index contributed by atoms with van der Waals surface area (Å²) in [5, 5.41) is 3.40. The van der Waals surface area contributed by atoms with Crippen molar-refractivity contribution in [1.82, 2.24) is 10.2 Å². The van der Waals surface area contributed by atoms with Crippen molar-refractivity contribution in [3.8, 4) is 0 Å². The SMILES string of the molecule is CCOC(=O)[C@]12CCC=C1N(Cc1ccc(Cl)cc1Cl)C(=O)[C@H](CC(=O)NCc1cccc(C(F)(F)F)c1)C2. The molecule has 0 aromatic heterocycles. The van der Waals surface area contributed by atoms with Gasteiger partial charge < -0.3 is 15.0 Å². The fraction of sp³-hybridized carbons (Fsp3) is 0.393. The Hall–Kier alpha value is -3.04. The second kappa shape index (κ2) is 11.6. The lowest BCUT2D eigenvalue weighted by atomic mass is 9.71. The summed E-state index contributed by atoms with van der Waals surface area (Å²) < 4.78 is 44.5. The van der Waals surface area contributed by atoms with Crippen LogP contribution in [0.25, 0.3) is 0 Å². The first kappa shape index (κ1) is 29.0. The van der Waals surface area contributed by atoms with Crippen molar-refractivity contribution in [1.29, 1.82) is 0 Å². The lowest BCUT2D eigenvalue weighted by molar-refractivity contribution is -0.161. The number of fused-ring (bicyclic) bond motifs is 1. The number of piperidine rings is 1. The van der Waals surface area contributed by atoms with Gasteiger partial charge in [-0.3, -0.25) is 14.4 Å². The number of carbonyl (C=O) groups excluding carboxylic acids is 3. The van der Waals surface area contributed by atoms with Gasteiger partial charge in [-0.1, -0.05) is 47.5 Å². The summed E-state index contributed by atoms with van der Waals surface area (Å²) in [5.74, 6) is -2.16. The molecule has 208 valence electrons. The lowest BCUT2D eigenvalue weighted by Gasteiger charge is -2.44. The molecule has 1 heterocycles. The van der Waals surface area contributed by atoms with Gasteiger partial charge in [0.25, 0.3) is 0 Å². The van der Waals surface area contributed by atoms with Gasteiger partial charge in [0.1, 0.15) is 5.41 Å². The molecule has 0 unspecified atom stereocenters. The Balaban J connectivity index is 1.55. The van der Waals surface area contributed by atoms with Gasteiger partial charge in [0.2, 0.25) is 11.8 Å². The number of rotatable bonds is 8. The van der Waals surface area contributed by atoms with E-state index in [1.54, 1.807) is 25.1 Å². The van der Waals surface area contributed by atoms with Gasteiger partial charge in [0.05, 0.1) is 18.7 Å². The molecule has 1 aliphatic carbocycles. The smallest absolute Gasteiger partial charge is 0.416 e. The second-order valence-electron chi connectivity index (χ2n) is 9.67. The van der Waals surface area contributed by atoms with Crippen LogP contribution >= 0.6 is 23.2 Å². The summed E-state index contributed by atoms with van der Waals surface area (Å²) in [4.78, 5) is 41.3. The summed E-state index contributed by atoms with van der Waals surface area (Å²) in [6.07, 6.45) is -1.81. The Morgan fingerprint density at radius 1 is 1.18 bits per heavy atom. The zero-order chi connectivity index (χ0) is 28.4. The van der Waals surface area contributed by atoms with E-state index in [2.05, 4.69) is 5.32 Å². The van der Waals surface area contributed by atoms with Crippen LogP contribution in [0.1, 0.15) is 49.3 Å². The topological polar surface area (TPSA) is 75.7 Å². The van der Waals surface area contributed by atoms with Gasteiger partial charge in [-0.15, -0.1) is 0 Å². The number of halogens is 5. The Morgan fingerprint density at radius 3 is 2.64 bits per heavy atom. The van der Waals surface area contributed by atoms with Gasteiger partial charge in [0.15, 0.2) is 0 Å². The molecule has 0 bridgehead atoms. The molecule has 0 radical (unpaired) electrons. The zero-order valence-electron chi connectivity index (χ0n) is 21.1. The van der Waals surface area contributed by atoms with Crippen LogP contribution in [0.3, 0.4) is 0 Å². The number of likely N-dealkylation sites (tertiary alicyclic amines) is 1. The maximum absolute atomic E-state index is 13.7. The molecule has 1 N–H and O–H groups in total.